The fourth-order valence-electron chi connectivity index (χ4n) is 5.62. The van der Waals surface area contributed by atoms with Crippen molar-refractivity contribution in [1.82, 2.24) is 10.2 Å². The first-order valence-corrected chi connectivity index (χ1v) is 10.7. The van der Waals surface area contributed by atoms with Crippen LogP contribution in [0, 0.1) is 11.8 Å². The summed E-state index contributed by atoms with van der Waals surface area (Å²) < 4.78 is 6.25. The molecule has 28 heavy (non-hydrogen) atoms. The summed E-state index contributed by atoms with van der Waals surface area (Å²) in [5.41, 5.74) is 2.48. The molecule has 0 bridgehead atoms. The smallest absolute Gasteiger partial charge is 0.289 e. The molecular weight excluding hydrogens is 374 g/mol. The summed E-state index contributed by atoms with van der Waals surface area (Å²) >= 11 is 6.66. The van der Waals surface area contributed by atoms with E-state index >= 15 is 0 Å². The molecule has 146 valence electrons. The minimum atomic E-state index is -0.230. The molecule has 1 aromatic heterocycles. The minimum Gasteiger partial charge on any atom is -0.450 e. The Morgan fingerprint density at radius 3 is 2.71 bits per heavy atom. The molecule has 0 unspecified atom stereocenters. The summed E-state index contributed by atoms with van der Waals surface area (Å²) in [4.78, 5) is 15.0. The molecule has 4 aliphatic rings. The van der Waals surface area contributed by atoms with Crippen LogP contribution in [0.3, 0.4) is 0 Å². The molecule has 2 saturated carbocycles. The van der Waals surface area contributed by atoms with Crippen molar-refractivity contribution in [2.24, 2.45) is 11.8 Å². The van der Waals surface area contributed by atoms with Gasteiger partial charge in [0.05, 0.1) is 22.1 Å². The number of fused-ring (bicyclic) bond motifs is 5. The van der Waals surface area contributed by atoms with Crippen LogP contribution >= 0.6 is 11.6 Å². The number of piperidine rings is 1. The number of furan rings is 1. The number of halogens is 1. The van der Waals surface area contributed by atoms with Gasteiger partial charge < -0.3 is 20.0 Å². The summed E-state index contributed by atoms with van der Waals surface area (Å²) in [5.74, 6) is 2.62. The quantitative estimate of drug-likeness (QED) is 0.724. The van der Waals surface area contributed by atoms with Crippen LogP contribution in [0.4, 0.5) is 5.69 Å². The van der Waals surface area contributed by atoms with E-state index in [9.17, 15) is 4.79 Å². The first kappa shape index (κ1) is 16.8. The molecule has 6 heteroatoms. The van der Waals surface area contributed by atoms with Crippen molar-refractivity contribution in [2.45, 2.75) is 44.1 Å². The number of carbonyl (C=O) groups is 1. The number of rotatable bonds is 1. The van der Waals surface area contributed by atoms with Crippen LogP contribution in [0.2, 0.25) is 5.02 Å². The molecule has 6 rings (SSSR count). The molecule has 3 heterocycles. The second-order valence-electron chi connectivity index (χ2n) is 8.97. The molecule has 2 atom stereocenters. The number of likely N-dealkylation sites (tertiary alicyclic amines) is 1. The van der Waals surface area contributed by atoms with Gasteiger partial charge in [0.25, 0.3) is 5.91 Å². The lowest BCUT2D eigenvalue weighted by Crippen LogP contribution is -2.48. The highest BCUT2D eigenvalue weighted by molar-refractivity contribution is 6.34. The summed E-state index contributed by atoms with van der Waals surface area (Å²) in [6.45, 7) is 5.84. The van der Waals surface area contributed by atoms with Gasteiger partial charge in [0, 0.05) is 24.0 Å². The number of hydrogen-bond donors (Lipinski definition) is 2. The van der Waals surface area contributed by atoms with E-state index in [1.807, 2.05) is 17.0 Å². The van der Waals surface area contributed by atoms with Gasteiger partial charge in [-0.15, -0.1) is 0 Å². The van der Waals surface area contributed by atoms with Crippen LogP contribution in [0.5, 0.6) is 0 Å². The first-order chi connectivity index (χ1) is 13.5. The van der Waals surface area contributed by atoms with E-state index in [0.717, 1.165) is 66.8 Å². The highest BCUT2D eigenvalue weighted by Gasteiger charge is 2.47. The molecule has 1 aromatic carbocycles. The van der Waals surface area contributed by atoms with Crippen LogP contribution in [0.25, 0.3) is 11.0 Å². The molecule has 2 aromatic rings. The fraction of sp³-hybridized carbons (Fsp3) is 0.500. The number of amides is 1. The number of anilines is 1. The van der Waals surface area contributed by atoms with E-state index in [1.165, 1.54) is 12.8 Å². The number of nitrogens with zero attached hydrogens (tertiary/aromatic N) is 1. The van der Waals surface area contributed by atoms with Gasteiger partial charge in [-0.25, -0.2) is 0 Å². The molecule has 1 amide bonds. The third kappa shape index (κ3) is 2.35. The molecular formula is C22H24ClN3O2. The maximum Gasteiger partial charge on any atom is 0.289 e. The molecule has 1 spiro atoms. The Labute approximate surface area is 169 Å². The van der Waals surface area contributed by atoms with Crippen molar-refractivity contribution in [3.05, 3.63) is 40.9 Å². The number of hydrogen-bond acceptors (Lipinski definition) is 4. The molecule has 2 aliphatic heterocycles. The third-order valence-electron chi connectivity index (χ3n) is 7.09. The Morgan fingerprint density at radius 2 is 1.96 bits per heavy atom. The van der Waals surface area contributed by atoms with E-state index < -0.39 is 0 Å². The van der Waals surface area contributed by atoms with Crippen molar-refractivity contribution in [1.29, 1.82) is 0 Å². The topological polar surface area (TPSA) is 57.5 Å². The van der Waals surface area contributed by atoms with Crippen molar-refractivity contribution < 1.29 is 9.21 Å². The van der Waals surface area contributed by atoms with E-state index in [0.29, 0.717) is 22.6 Å². The van der Waals surface area contributed by atoms with Crippen molar-refractivity contribution in [3.63, 3.8) is 0 Å². The zero-order chi connectivity index (χ0) is 19.0. The van der Waals surface area contributed by atoms with E-state index in [-0.39, 0.29) is 11.4 Å². The highest BCUT2D eigenvalue weighted by atomic mass is 35.5. The van der Waals surface area contributed by atoms with Gasteiger partial charge in [-0.3, -0.25) is 4.79 Å². The number of nitrogens with one attached hydrogen (secondary N) is 2. The standard InChI is InChI=1S/C22H24ClN3O2/c1-12-24-19-16(23)8-13-9-17(21(27)26-10-14-7-15(14)11-26)28-20(13)18(19)22(25-12)5-3-2-4-6-22/h8-9,14-15,24-25H,1-7,10-11H2/t14-,15+. The fourth-order valence-corrected chi connectivity index (χ4v) is 5.88. The Bertz CT molecular complexity index is 1010. The van der Waals surface area contributed by atoms with Gasteiger partial charge in [0.2, 0.25) is 0 Å². The van der Waals surface area contributed by atoms with E-state index in [2.05, 4.69) is 17.2 Å². The SMILES string of the molecule is C=C1Nc2c(Cl)cc3cc(C(=O)N4C[C@H]5C[C@H]5C4)oc3c2C2(CCCCC2)N1. The van der Waals surface area contributed by atoms with E-state index in [4.69, 9.17) is 16.0 Å². The van der Waals surface area contributed by atoms with Crippen molar-refractivity contribution >= 4 is 34.2 Å². The maximum atomic E-state index is 13.0. The monoisotopic (exact) mass is 397 g/mol. The normalized spacial score (nSPS) is 27.3. The number of carbonyl (C=O) groups excluding carboxylic acids is 1. The third-order valence-corrected chi connectivity index (χ3v) is 7.39. The molecule has 2 N–H and O–H groups in total. The van der Waals surface area contributed by atoms with Crippen LogP contribution < -0.4 is 10.6 Å². The molecule has 5 nitrogen and oxygen atoms in total. The average Bonchev–Trinajstić information content (AvgIpc) is 3.09. The van der Waals surface area contributed by atoms with Crippen LogP contribution in [-0.4, -0.2) is 23.9 Å². The van der Waals surface area contributed by atoms with Gasteiger partial charge in [-0.1, -0.05) is 37.4 Å². The lowest BCUT2D eigenvalue weighted by molar-refractivity contribution is 0.0746. The van der Waals surface area contributed by atoms with Gasteiger partial charge in [0.15, 0.2) is 5.76 Å². The van der Waals surface area contributed by atoms with Crippen LogP contribution in [0.1, 0.15) is 54.6 Å². The summed E-state index contributed by atoms with van der Waals surface area (Å²) in [7, 11) is 0. The highest BCUT2D eigenvalue weighted by Crippen LogP contribution is 2.50. The largest absolute Gasteiger partial charge is 0.450 e. The van der Waals surface area contributed by atoms with Crippen molar-refractivity contribution in [3.8, 4) is 0 Å². The Kier molecular flexibility index (Phi) is 3.41. The summed E-state index contributed by atoms with van der Waals surface area (Å²) in [6, 6.07) is 3.77. The zero-order valence-corrected chi connectivity index (χ0v) is 16.6. The second kappa shape index (κ2) is 5.69. The van der Waals surface area contributed by atoms with Gasteiger partial charge in [-0.2, -0.15) is 0 Å². The van der Waals surface area contributed by atoms with Crippen LogP contribution in [0.15, 0.2) is 28.9 Å². The van der Waals surface area contributed by atoms with Crippen LogP contribution in [-0.2, 0) is 5.54 Å². The predicted octanol–water partition coefficient (Wildman–Crippen LogP) is 4.82. The Morgan fingerprint density at radius 1 is 1.21 bits per heavy atom. The first-order valence-electron chi connectivity index (χ1n) is 10.3. The zero-order valence-electron chi connectivity index (χ0n) is 15.8. The second-order valence-corrected chi connectivity index (χ2v) is 9.38. The Hall–Kier alpha value is -2.14. The molecule has 0 radical (unpaired) electrons. The molecule has 3 fully saturated rings. The van der Waals surface area contributed by atoms with Gasteiger partial charge in [0.1, 0.15) is 5.58 Å². The van der Waals surface area contributed by atoms with E-state index in [1.54, 1.807) is 0 Å². The number of benzene rings is 1. The van der Waals surface area contributed by atoms with Crippen molar-refractivity contribution in [2.75, 3.05) is 18.4 Å². The minimum absolute atomic E-state index is 0.00658. The molecule has 1 saturated heterocycles. The predicted molar refractivity (Wildman–Crippen MR) is 109 cm³/mol. The maximum absolute atomic E-state index is 13.0. The summed E-state index contributed by atoms with van der Waals surface area (Å²) in [6.07, 6.45) is 6.83. The lowest BCUT2D eigenvalue weighted by Gasteiger charge is -2.44. The Balaban J connectivity index is 1.49. The molecule has 2 aliphatic carbocycles. The average molecular weight is 398 g/mol. The lowest BCUT2D eigenvalue weighted by atomic mass is 9.74. The van der Waals surface area contributed by atoms with Gasteiger partial charge >= 0.3 is 0 Å². The van der Waals surface area contributed by atoms with Gasteiger partial charge in [-0.05, 0) is 43.2 Å². The summed E-state index contributed by atoms with van der Waals surface area (Å²) in [5, 5.41) is 8.45.